The van der Waals surface area contributed by atoms with Crippen molar-refractivity contribution in [1.82, 2.24) is 9.55 Å². The Kier molecular flexibility index (Phi) is 7.86. The van der Waals surface area contributed by atoms with Gasteiger partial charge in [-0.05, 0) is 18.1 Å². The van der Waals surface area contributed by atoms with Crippen LogP contribution in [0.3, 0.4) is 0 Å². The number of halogens is 1. The fourth-order valence-corrected chi connectivity index (χ4v) is 2.90. The number of aromatic amines is 1. The Morgan fingerprint density at radius 3 is 2.62 bits per heavy atom. The molecule has 0 bridgehead atoms. The highest BCUT2D eigenvalue weighted by Gasteiger charge is 2.25. The third-order valence-corrected chi connectivity index (χ3v) is 4.35. The second kappa shape index (κ2) is 10.1. The summed E-state index contributed by atoms with van der Waals surface area (Å²) in [6, 6.07) is 6.71. The number of nitrogens with zero attached hydrogens (tertiary/aromatic N) is 2. The number of benzene rings is 1. The van der Waals surface area contributed by atoms with E-state index in [1.165, 1.54) is 11.7 Å². The minimum absolute atomic E-state index is 0.0500. The second-order valence-electron chi connectivity index (χ2n) is 6.75. The zero-order chi connectivity index (χ0) is 21.6. The molecular formula is C19H25ClN4O5. The number of methoxy groups -OCH3 is 1. The van der Waals surface area contributed by atoms with Gasteiger partial charge < -0.3 is 15.2 Å². The number of amides is 1. The smallest absolute Gasteiger partial charge is 0.330 e. The van der Waals surface area contributed by atoms with Gasteiger partial charge in [-0.25, -0.2) is 4.79 Å². The number of anilines is 2. The minimum Gasteiger partial charge on any atom is -0.482 e. The molecule has 1 aromatic heterocycles. The number of ether oxygens (including phenoxy) is 2. The molecule has 0 saturated carbocycles. The van der Waals surface area contributed by atoms with Crippen molar-refractivity contribution >= 4 is 29.0 Å². The summed E-state index contributed by atoms with van der Waals surface area (Å²) < 4.78 is 11.8. The van der Waals surface area contributed by atoms with E-state index in [1.54, 1.807) is 24.3 Å². The number of aromatic nitrogens is 2. The summed E-state index contributed by atoms with van der Waals surface area (Å²) in [5, 5.41) is 0.353. The van der Waals surface area contributed by atoms with Gasteiger partial charge in [-0.1, -0.05) is 37.6 Å². The van der Waals surface area contributed by atoms with Crippen LogP contribution in [0.2, 0.25) is 5.02 Å². The zero-order valence-electron chi connectivity index (χ0n) is 16.6. The van der Waals surface area contributed by atoms with E-state index in [2.05, 4.69) is 4.98 Å². The van der Waals surface area contributed by atoms with Gasteiger partial charge in [-0.2, -0.15) is 0 Å². The van der Waals surface area contributed by atoms with E-state index >= 15 is 0 Å². The van der Waals surface area contributed by atoms with Gasteiger partial charge in [-0.15, -0.1) is 0 Å². The van der Waals surface area contributed by atoms with Crippen LogP contribution in [0.25, 0.3) is 0 Å². The Hall–Kier alpha value is -2.78. The van der Waals surface area contributed by atoms with E-state index in [-0.39, 0.29) is 43.7 Å². The molecule has 158 valence electrons. The number of carbonyl (C=O) groups excluding carboxylic acids is 1. The summed E-state index contributed by atoms with van der Waals surface area (Å²) in [6.07, 6.45) is 0. The molecule has 0 unspecified atom stereocenters. The molecule has 3 N–H and O–H groups in total. The van der Waals surface area contributed by atoms with Crippen LogP contribution in [0, 0.1) is 5.92 Å². The zero-order valence-corrected chi connectivity index (χ0v) is 17.4. The van der Waals surface area contributed by atoms with Gasteiger partial charge in [0.2, 0.25) is 0 Å². The minimum atomic E-state index is -0.755. The van der Waals surface area contributed by atoms with Crippen molar-refractivity contribution < 1.29 is 14.3 Å². The monoisotopic (exact) mass is 424 g/mol. The Balaban J connectivity index is 2.38. The Bertz CT molecular complexity index is 970. The average molecular weight is 425 g/mol. The van der Waals surface area contributed by atoms with Gasteiger partial charge in [-0.3, -0.25) is 24.0 Å². The second-order valence-corrected chi connectivity index (χ2v) is 7.16. The van der Waals surface area contributed by atoms with Gasteiger partial charge in [0.25, 0.3) is 11.5 Å². The normalized spacial score (nSPS) is 10.9. The molecule has 1 aromatic carbocycles. The van der Waals surface area contributed by atoms with Gasteiger partial charge in [0.05, 0.1) is 11.6 Å². The Morgan fingerprint density at radius 1 is 1.31 bits per heavy atom. The molecule has 0 fully saturated rings. The van der Waals surface area contributed by atoms with Crippen LogP contribution in [-0.2, 0) is 16.1 Å². The van der Waals surface area contributed by atoms with Crippen LogP contribution in [-0.4, -0.2) is 42.3 Å². The lowest BCUT2D eigenvalue weighted by Gasteiger charge is -2.24. The molecule has 2 rings (SSSR count). The summed E-state index contributed by atoms with van der Waals surface area (Å²) in [6.45, 7) is 3.92. The van der Waals surface area contributed by atoms with Crippen LogP contribution < -0.4 is 26.6 Å². The first-order valence-corrected chi connectivity index (χ1v) is 9.43. The van der Waals surface area contributed by atoms with E-state index in [1.807, 2.05) is 13.8 Å². The number of H-pyrrole nitrogens is 1. The largest absolute Gasteiger partial charge is 0.482 e. The molecular weight excluding hydrogens is 400 g/mol. The van der Waals surface area contributed by atoms with E-state index in [4.69, 9.17) is 26.8 Å². The molecule has 0 saturated heterocycles. The number of para-hydroxylation sites is 1. The highest BCUT2D eigenvalue weighted by molar-refractivity contribution is 6.32. The molecule has 0 aliphatic carbocycles. The molecule has 1 heterocycles. The van der Waals surface area contributed by atoms with E-state index in [9.17, 15) is 14.4 Å². The van der Waals surface area contributed by atoms with Crippen molar-refractivity contribution in [3.05, 3.63) is 50.1 Å². The maximum absolute atomic E-state index is 12.9. The molecule has 1 amide bonds. The van der Waals surface area contributed by atoms with Crippen LogP contribution in [0.15, 0.2) is 33.9 Å². The average Bonchev–Trinajstić information content (AvgIpc) is 2.66. The molecule has 9 nitrogen and oxygen atoms in total. The van der Waals surface area contributed by atoms with Crippen molar-refractivity contribution in [2.75, 3.05) is 37.5 Å². The summed E-state index contributed by atoms with van der Waals surface area (Å²) in [7, 11) is 1.47. The number of nitrogens with two attached hydrogens (primary N) is 1. The topological polar surface area (TPSA) is 120 Å². The van der Waals surface area contributed by atoms with Crippen LogP contribution in [0.1, 0.15) is 13.8 Å². The number of carbonyl (C=O) groups is 1. The highest BCUT2D eigenvalue weighted by Crippen LogP contribution is 2.23. The SMILES string of the molecule is COCCN(C(=O)COc1ccccc1Cl)c1c(N)n(CC(C)C)c(=O)[nH]c1=O. The number of nitrogens with one attached hydrogen (secondary N) is 1. The van der Waals surface area contributed by atoms with Gasteiger partial charge >= 0.3 is 5.69 Å². The fraction of sp³-hybridized carbons (Fsp3) is 0.421. The Labute approximate surface area is 173 Å². The molecule has 0 aliphatic rings. The van der Waals surface area contributed by atoms with E-state index in [0.29, 0.717) is 10.8 Å². The third kappa shape index (κ3) is 5.61. The number of hydrogen-bond donors (Lipinski definition) is 2. The first kappa shape index (κ1) is 22.5. The standard InChI is InChI=1S/C19H25ClN4O5/c1-12(2)10-24-17(21)16(18(26)22-19(24)27)23(8-9-28-3)15(25)11-29-14-7-5-4-6-13(14)20/h4-7,12H,8-11,21H2,1-3H3,(H,22,26,27). The first-order chi connectivity index (χ1) is 13.8. The summed E-state index contributed by atoms with van der Waals surface area (Å²) in [5.74, 6) is -0.190. The molecule has 0 atom stereocenters. The predicted octanol–water partition coefficient (Wildman–Crippen LogP) is 1.49. The van der Waals surface area contributed by atoms with Gasteiger partial charge in [0.1, 0.15) is 11.6 Å². The van der Waals surface area contributed by atoms with Gasteiger partial charge in [0, 0.05) is 20.2 Å². The number of rotatable bonds is 9. The lowest BCUT2D eigenvalue weighted by atomic mass is 10.2. The van der Waals surface area contributed by atoms with E-state index in [0.717, 1.165) is 4.90 Å². The maximum atomic E-state index is 12.9. The van der Waals surface area contributed by atoms with Crippen molar-refractivity contribution in [3.8, 4) is 5.75 Å². The molecule has 29 heavy (non-hydrogen) atoms. The van der Waals surface area contributed by atoms with Crippen molar-refractivity contribution in [2.24, 2.45) is 5.92 Å². The van der Waals surface area contributed by atoms with Crippen LogP contribution in [0.4, 0.5) is 11.5 Å². The lowest BCUT2D eigenvalue weighted by Crippen LogP contribution is -2.44. The van der Waals surface area contributed by atoms with Crippen LogP contribution in [0.5, 0.6) is 5.75 Å². The number of nitrogen functional groups attached to an aromatic ring is 1. The highest BCUT2D eigenvalue weighted by atomic mass is 35.5. The Morgan fingerprint density at radius 2 is 2.00 bits per heavy atom. The van der Waals surface area contributed by atoms with Crippen molar-refractivity contribution in [2.45, 2.75) is 20.4 Å². The van der Waals surface area contributed by atoms with Gasteiger partial charge in [0.15, 0.2) is 12.3 Å². The quantitative estimate of drug-likeness (QED) is 0.629. The molecule has 0 aliphatic heterocycles. The lowest BCUT2D eigenvalue weighted by molar-refractivity contribution is -0.120. The third-order valence-electron chi connectivity index (χ3n) is 4.04. The molecule has 10 heteroatoms. The number of hydrogen-bond acceptors (Lipinski definition) is 6. The summed E-state index contributed by atoms with van der Waals surface area (Å²) in [4.78, 5) is 40.9. The van der Waals surface area contributed by atoms with Crippen molar-refractivity contribution in [3.63, 3.8) is 0 Å². The maximum Gasteiger partial charge on any atom is 0.330 e. The predicted molar refractivity (Wildman–Crippen MR) is 112 cm³/mol. The molecule has 0 spiro atoms. The molecule has 0 radical (unpaired) electrons. The first-order valence-electron chi connectivity index (χ1n) is 9.05. The fourth-order valence-electron chi connectivity index (χ4n) is 2.71. The molecule has 2 aromatic rings. The van der Waals surface area contributed by atoms with E-state index < -0.39 is 17.2 Å². The summed E-state index contributed by atoms with van der Waals surface area (Å²) in [5.41, 5.74) is 4.62. The van der Waals surface area contributed by atoms with Crippen LogP contribution >= 0.6 is 11.6 Å². The summed E-state index contributed by atoms with van der Waals surface area (Å²) >= 11 is 6.04. The van der Waals surface area contributed by atoms with Crippen molar-refractivity contribution in [1.29, 1.82) is 0 Å².